The lowest BCUT2D eigenvalue weighted by molar-refractivity contribution is 0.0600. The molecule has 1 fully saturated rings. The van der Waals surface area contributed by atoms with Crippen molar-refractivity contribution in [3.05, 3.63) is 58.6 Å². The van der Waals surface area contributed by atoms with E-state index in [0.29, 0.717) is 13.2 Å². The summed E-state index contributed by atoms with van der Waals surface area (Å²) >= 11 is 5.94. The van der Waals surface area contributed by atoms with E-state index in [2.05, 4.69) is 14.4 Å². The van der Waals surface area contributed by atoms with Gasteiger partial charge in [0, 0.05) is 25.3 Å². The molecule has 0 bridgehead atoms. The lowest BCUT2D eigenvalue weighted by Crippen LogP contribution is -2.36. The van der Waals surface area contributed by atoms with Gasteiger partial charge in [0.25, 0.3) is 0 Å². The van der Waals surface area contributed by atoms with Crippen molar-refractivity contribution in [1.29, 1.82) is 0 Å². The number of ether oxygens (including phenoxy) is 2. The first-order valence-corrected chi connectivity index (χ1v) is 10.6. The van der Waals surface area contributed by atoms with Crippen LogP contribution in [0.4, 0.5) is 5.69 Å². The van der Waals surface area contributed by atoms with Crippen LogP contribution >= 0.6 is 11.6 Å². The summed E-state index contributed by atoms with van der Waals surface area (Å²) in [6.45, 7) is 3.21. The Labute approximate surface area is 169 Å². The van der Waals surface area contributed by atoms with Crippen LogP contribution in [-0.2, 0) is 26.0 Å². The molecule has 9 heteroatoms. The number of hydrogen-bond acceptors (Lipinski definition) is 6. The highest BCUT2D eigenvalue weighted by atomic mass is 35.5. The van der Waals surface area contributed by atoms with Crippen molar-refractivity contribution >= 4 is 33.3 Å². The monoisotopic (exact) mass is 424 g/mol. The number of nitrogens with one attached hydrogen (secondary N) is 1. The summed E-state index contributed by atoms with van der Waals surface area (Å²) in [6, 6.07) is 11.6. The first-order chi connectivity index (χ1) is 13.4. The molecule has 0 unspecified atom stereocenters. The van der Waals surface area contributed by atoms with Gasteiger partial charge in [-0.05, 0) is 35.9 Å². The summed E-state index contributed by atoms with van der Waals surface area (Å²) in [4.78, 5) is 13.9. The van der Waals surface area contributed by atoms with Crippen molar-refractivity contribution in [2.24, 2.45) is 0 Å². The second kappa shape index (κ2) is 8.91. The minimum atomic E-state index is -3.81. The predicted octanol–water partition coefficient (Wildman–Crippen LogP) is 2.44. The van der Waals surface area contributed by atoms with Gasteiger partial charge in [-0.25, -0.2) is 17.9 Å². The van der Waals surface area contributed by atoms with Crippen molar-refractivity contribution in [1.82, 2.24) is 4.72 Å². The van der Waals surface area contributed by atoms with E-state index in [-0.39, 0.29) is 22.0 Å². The molecule has 3 rings (SSSR count). The van der Waals surface area contributed by atoms with Crippen LogP contribution in [0.15, 0.2) is 47.4 Å². The van der Waals surface area contributed by atoms with Crippen LogP contribution in [-0.4, -0.2) is 47.8 Å². The minimum Gasteiger partial charge on any atom is -0.465 e. The molecule has 1 aliphatic heterocycles. The molecule has 2 aromatic carbocycles. The molecule has 1 saturated heterocycles. The zero-order chi connectivity index (χ0) is 20.1. The highest BCUT2D eigenvalue weighted by Crippen LogP contribution is 2.22. The molecule has 0 radical (unpaired) electrons. The topological polar surface area (TPSA) is 84.9 Å². The molecule has 7 nitrogen and oxygen atoms in total. The molecule has 0 spiro atoms. The summed E-state index contributed by atoms with van der Waals surface area (Å²) in [7, 11) is -2.61. The number of halogens is 1. The summed E-state index contributed by atoms with van der Waals surface area (Å²) in [5, 5.41) is 0.129. The van der Waals surface area contributed by atoms with Crippen LogP contribution < -0.4 is 9.62 Å². The summed E-state index contributed by atoms with van der Waals surface area (Å²) in [5.41, 5.74) is 1.90. The Morgan fingerprint density at radius 1 is 1.18 bits per heavy atom. The third-order valence-electron chi connectivity index (χ3n) is 4.43. The lowest BCUT2D eigenvalue weighted by Gasteiger charge is -2.28. The largest absolute Gasteiger partial charge is 0.465 e. The maximum absolute atomic E-state index is 12.6. The third kappa shape index (κ3) is 4.82. The Hall–Kier alpha value is -2.13. The Balaban J connectivity index is 1.69. The van der Waals surface area contributed by atoms with E-state index >= 15 is 0 Å². The van der Waals surface area contributed by atoms with Crippen LogP contribution in [0.2, 0.25) is 5.02 Å². The van der Waals surface area contributed by atoms with E-state index in [1.54, 1.807) is 0 Å². The molecule has 28 heavy (non-hydrogen) atoms. The minimum absolute atomic E-state index is 0.00176. The van der Waals surface area contributed by atoms with Crippen molar-refractivity contribution in [3.63, 3.8) is 0 Å². The zero-order valence-corrected chi connectivity index (χ0v) is 16.9. The van der Waals surface area contributed by atoms with Gasteiger partial charge >= 0.3 is 5.97 Å². The third-order valence-corrected chi connectivity index (χ3v) is 6.16. The lowest BCUT2D eigenvalue weighted by atomic mass is 10.2. The SMILES string of the molecule is COC(=O)c1cc(S(=O)(=O)NCc2ccc(N3CCOCC3)cc2)ccc1Cl. The van der Waals surface area contributed by atoms with Gasteiger partial charge in [-0.3, -0.25) is 0 Å². The summed E-state index contributed by atoms with van der Waals surface area (Å²) < 4.78 is 37.6. The van der Waals surface area contributed by atoms with Crippen molar-refractivity contribution in [2.45, 2.75) is 11.4 Å². The molecule has 150 valence electrons. The molecule has 0 aliphatic carbocycles. The first kappa shape index (κ1) is 20.6. The number of sulfonamides is 1. The second-order valence-electron chi connectivity index (χ2n) is 6.22. The first-order valence-electron chi connectivity index (χ1n) is 8.70. The van der Waals surface area contributed by atoms with Crippen molar-refractivity contribution in [3.8, 4) is 0 Å². The molecule has 0 amide bonds. The number of nitrogens with zero attached hydrogens (tertiary/aromatic N) is 1. The van der Waals surface area contributed by atoms with Crippen LogP contribution in [0.3, 0.4) is 0 Å². The molecule has 0 aromatic heterocycles. The molecule has 1 aliphatic rings. The molecule has 0 saturated carbocycles. The van der Waals surface area contributed by atoms with E-state index in [0.717, 1.165) is 24.3 Å². The van der Waals surface area contributed by atoms with E-state index in [1.165, 1.54) is 25.3 Å². The van der Waals surface area contributed by atoms with Gasteiger partial charge in [-0.2, -0.15) is 0 Å². The number of rotatable bonds is 6. The number of morpholine rings is 1. The molecule has 2 aromatic rings. The van der Waals surface area contributed by atoms with Gasteiger partial charge in [-0.1, -0.05) is 23.7 Å². The van der Waals surface area contributed by atoms with Crippen LogP contribution in [0, 0.1) is 0 Å². The van der Waals surface area contributed by atoms with Gasteiger partial charge < -0.3 is 14.4 Å². The van der Waals surface area contributed by atoms with Crippen molar-refractivity contribution < 1.29 is 22.7 Å². The number of carbonyl (C=O) groups excluding carboxylic acids is 1. The Kier molecular flexibility index (Phi) is 6.56. The van der Waals surface area contributed by atoms with Crippen LogP contribution in [0.1, 0.15) is 15.9 Å². The predicted molar refractivity (Wildman–Crippen MR) is 106 cm³/mol. The molecular weight excluding hydrogens is 404 g/mol. The molecule has 1 N–H and O–H groups in total. The fourth-order valence-corrected chi connectivity index (χ4v) is 4.08. The van der Waals surface area contributed by atoms with Crippen LogP contribution in [0.25, 0.3) is 0 Å². The molecule has 0 atom stereocenters. The number of anilines is 1. The zero-order valence-electron chi connectivity index (χ0n) is 15.4. The summed E-state index contributed by atoms with van der Waals surface area (Å²) in [5.74, 6) is -0.694. The quantitative estimate of drug-likeness (QED) is 0.717. The average molecular weight is 425 g/mol. The van der Waals surface area contributed by atoms with E-state index in [9.17, 15) is 13.2 Å². The Morgan fingerprint density at radius 2 is 1.86 bits per heavy atom. The number of methoxy groups -OCH3 is 1. The smallest absolute Gasteiger partial charge is 0.339 e. The normalized spacial score (nSPS) is 14.7. The fourth-order valence-electron chi connectivity index (χ4n) is 2.85. The van der Waals surface area contributed by atoms with E-state index in [1.807, 2.05) is 24.3 Å². The van der Waals surface area contributed by atoms with Gasteiger partial charge in [0.1, 0.15) is 0 Å². The Bertz CT molecular complexity index is 941. The second-order valence-corrected chi connectivity index (χ2v) is 8.40. The van der Waals surface area contributed by atoms with E-state index < -0.39 is 16.0 Å². The standard InChI is InChI=1S/C19H21ClN2O5S/c1-26-19(23)17-12-16(6-7-18(17)20)28(24,25)21-13-14-2-4-15(5-3-14)22-8-10-27-11-9-22/h2-7,12,21H,8-11,13H2,1H3. The number of hydrogen-bond donors (Lipinski definition) is 1. The maximum Gasteiger partial charge on any atom is 0.339 e. The van der Waals surface area contributed by atoms with Gasteiger partial charge in [-0.15, -0.1) is 0 Å². The summed E-state index contributed by atoms with van der Waals surface area (Å²) in [6.07, 6.45) is 0. The number of esters is 1. The highest BCUT2D eigenvalue weighted by Gasteiger charge is 2.19. The van der Waals surface area contributed by atoms with Crippen molar-refractivity contribution in [2.75, 3.05) is 38.3 Å². The maximum atomic E-state index is 12.6. The average Bonchev–Trinajstić information content (AvgIpc) is 2.73. The van der Waals surface area contributed by atoms with Crippen LogP contribution in [0.5, 0.6) is 0 Å². The number of carbonyl (C=O) groups is 1. The van der Waals surface area contributed by atoms with Gasteiger partial charge in [0.05, 0.1) is 35.8 Å². The Morgan fingerprint density at radius 3 is 2.50 bits per heavy atom. The highest BCUT2D eigenvalue weighted by molar-refractivity contribution is 7.89. The molecule has 1 heterocycles. The number of benzene rings is 2. The van der Waals surface area contributed by atoms with E-state index in [4.69, 9.17) is 16.3 Å². The molecular formula is C19H21ClN2O5S. The van der Waals surface area contributed by atoms with Gasteiger partial charge in [0.15, 0.2) is 0 Å². The fraction of sp³-hybridized carbons (Fsp3) is 0.316. The van der Waals surface area contributed by atoms with Gasteiger partial charge in [0.2, 0.25) is 10.0 Å².